The predicted octanol–water partition coefficient (Wildman–Crippen LogP) is 1.38. The molecule has 0 fully saturated rings. The lowest BCUT2D eigenvalue weighted by molar-refractivity contribution is -0.154. The van der Waals surface area contributed by atoms with Crippen LogP contribution < -0.4 is 0 Å². The van der Waals surface area contributed by atoms with Gasteiger partial charge in [-0.25, -0.2) is 4.79 Å². The maximum Gasteiger partial charge on any atom is 0.334 e. The average Bonchev–Trinajstić information content (AvgIpc) is 2.09. The van der Waals surface area contributed by atoms with Crippen LogP contribution in [0.4, 0.5) is 0 Å². The van der Waals surface area contributed by atoms with Gasteiger partial charge in [-0.2, -0.15) is 0 Å². The van der Waals surface area contributed by atoms with Gasteiger partial charge in [-0.15, -0.1) is 0 Å². The Kier molecular flexibility index (Phi) is 5.72. The standard InChI is InChI=1S/C10H20O4/c1-8(9(11)12-5)13-6-7-14-10(2,3)4/h8H,6-7H2,1-5H3/t8-/m0/s1. The first-order valence-electron chi connectivity index (χ1n) is 4.70. The van der Waals surface area contributed by atoms with Crippen LogP contribution in [0.25, 0.3) is 0 Å². The van der Waals surface area contributed by atoms with Gasteiger partial charge in [-0.1, -0.05) is 0 Å². The molecule has 0 unspecified atom stereocenters. The van der Waals surface area contributed by atoms with E-state index < -0.39 is 6.10 Å². The molecule has 0 aliphatic rings. The van der Waals surface area contributed by atoms with Gasteiger partial charge in [0.1, 0.15) is 0 Å². The largest absolute Gasteiger partial charge is 0.467 e. The minimum atomic E-state index is -0.524. The van der Waals surface area contributed by atoms with E-state index in [1.165, 1.54) is 7.11 Å². The smallest absolute Gasteiger partial charge is 0.334 e. The quantitative estimate of drug-likeness (QED) is 0.501. The minimum absolute atomic E-state index is 0.169. The van der Waals surface area contributed by atoms with Crippen LogP contribution in [0.2, 0.25) is 0 Å². The zero-order valence-corrected chi connectivity index (χ0v) is 9.62. The van der Waals surface area contributed by atoms with E-state index in [4.69, 9.17) is 9.47 Å². The van der Waals surface area contributed by atoms with Crippen LogP contribution in [0.15, 0.2) is 0 Å². The highest BCUT2D eigenvalue weighted by Gasteiger charge is 2.14. The molecule has 0 aromatic carbocycles. The van der Waals surface area contributed by atoms with Crippen molar-refractivity contribution in [3.63, 3.8) is 0 Å². The SMILES string of the molecule is COC(=O)[C@H](C)OCCOC(C)(C)C. The van der Waals surface area contributed by atoms with Crippen molar-refractivity contribution in [3.8, 4) is 0 Å². The zero-order valence-electron chi connectivity index (χ0n) is 9.62. The number of hydrogen-bond acceptors (Lipinski definition) is 4. The summed E-state index contributed by atoms with van der Waals surface area (Å²) in [7, 11) is 1.34. The summed E-state index contributed by atoms with van der Waals surface area (Å²) in [6, 6.07) is 0. The Morgan fingerprint density at radius 2 is 1.86 bits per heavy atom. The van der Waals surface area contributed by atoms with E-state index in [-0.39, 0.29) is 11.6 Å². The molecule has 1 atom stereocenters. The van der Waals surface area contributed by atoms with Gasteiger partial charge in [0.2, 0.25) is 0 Å². The fraction of sp³-hybridized carbons (Fsp3) is 0.900. The molecule has 0 aromatic rings. The average molecular weight is 204 g/mol. The third-order valence-electron chi connectivity index (χ3n) is 1.52. The summed E-state index contributed by atoms with van der Waals surface area (Å²) in [6.07, 6.45) is -0.524. The molecule has 0 bridgehead atoms. The van der Waals surface area contributed by atoms with Crippen LogP contribution in [-0.2, 0) is 19.0 Å². The number of rotatable bonds is 5. The molecule has 84 valence electrons. The van der Waals surface area contributed by atoms with Gasteiger partial charge in [0.25, 0.3) is 0 Å². The molecule has 0 aliphatic heterocycles. The maximum absolute atomic E-state index is 10.9. The molecule has 4 heteroatoms. The van der Waals surface area contributed by atoms with E-state index in [0.29, 0.717) is 13.2 Å². The topological polar surface area (TPSA) is 44.8 Å². The number of methoxy groups -OCH3 is 1. The summed E-state index contributed by atoms with van der Waals surface area (Å²) in [6.45, 7) is 8.44. The molecule has 0 saturated carbocycles. The Morgan fingerprint density at radius 1 is 1.29 bits per heavy atom. The molecule has 4 nitrogen and oxygen atoms in total. The van der Waals surface area contributed by atoms with Gasteiger partial charge in [-0.3, -0.25) is 0 Å². The first-order chi connectivity index (χ1) is 6.37. The fourth-order valence-electron chi connectivity index (χ4n) is 0.807. The number of esters is 1. The van der Waals surface area contributed by atoms with E-state index in [0.717, 1.165) is 0 Å². The Labute approximate surface area is 85.5 Å². The van der Waals surface area contributed by atoms with Crippen LogP contribution in [0.1, 0.15) is 27.7 Å². The molecule has 0 amide bonds. The minimum Gasteiger partial charge on any atom is -0.467 e. The number of hydrogen-bond donors (Lipinski definition) is 0. The highest BCUT2D eigenvalue weighted by Crippen LogP contribution is 2.06. The second kappa shape index (κ2) is 5.98. The number of ether oxygens (including phenoxy) is 3. The van der Waals surface area contributed by atoms with Gasteiger partial charge in [0.15, 0.2) is 6.10 Å². The van der Waals surface area contributed by atoms with E-state index in [1.54, 1.807) is 6.92 Å². The van der Waals surface area contributed by atoms with Crippen molar-refractivity contribution in [2.75, 3.05) is 20.3 Å². The van der Waals surface area contributed by atoms with E-state index in [9.17, 15) is 4.79 Å². The van der Waals surface area contributed by atoms with Crippen molar-refractivity contribution in [1.29, 1.82) is 0 Å². The monoisotopic (exact) mass is 204 g/mol. The van der Waals surface area contributed by atoms with Crippen molar-refractivity contribution in [3.05, 3.63) is 0 Å². The molecular formula is C10H20O4. The molecule has 0 saturated heterocycles. The summed E-state index contributed by atoms with van der Waals surface area (Å²) < 4.78 is 15.1. The maximum atomic E-state index is 10.9. The lowest BCUT2D eigenvalue weighted by atomic mass is 10.2. The highest BCUT2D eigenvalue weighted by atomic mass is 16.6. The summed E-state index contributed by atoms with van der Waals surface area (Å²) in [4.78, 5) is 10.9. The van der Waals surface area contributed by atoms with Crippen LogP contribution >= 0.6 is 0 Å². The summed E-state index contributed by atoms with van der Waals surface area (Å²) >= 11 is 0. The third-order valence-corrected chi connectivity index (χ3v) is 1.52. The van der Waals surface area contributed by atoms with E-state index in [2.05, 4.69) is 4.74 Å². The molecule has 0 rings (SSSR count). The fourth-order valence-corrected chi connectivity index (χ4v) is 0.807. The van der Waals surface area contributed by atoms with Gasteiger partial charge in [0, 0.05) is 0 Å². The third kappa shape index (κ3) is 6.86. The van der Waals surface area contributed by atoms with Gasteiger partial charge >= 0.3 is 5.97 Å². The lowest BCUT2D eigenvalue weighted by Gasteiger charge is -2.20. The molecule has 0 aliphatic carbocycles. The molecule has 0 N–H and O–H groups in total. The van der Waals surface area contributed by atoms with Crippen LogP contribution in [0, 0.1) is 0 Å². The first-order valence-corrected chi connectivity index (χ1v) is 4.70. The predicted molar refractivity (Wildman–Crippen MR) is 53.1 cm³/mol. The van der Waals surface area contributed by atoms with E-state index >= 15 is 0 Å². The number of carbonyl (C=O) groups excluding carboxylic acids is 1. The van der Waals surface area contributed by atoms with Crippen molar-refractivity contribution >= 4 is 5.97 Å². The highest BCUT2D eigenvalue weighted by molar-refractivity contribution is 5.73. The Balaban J connectivity index is 3.50. The van der Waals surface area contributed by atoms with Gasteiger partial charge in [-0.05, 0) is 27.7 Å². The number of carbonyl (C=O) groups is 1. The molecule has 0 spiro atoms. The summed E-state index contributed by atoms with van der Waals surface area (Å²) in [5, 5.41) is 0. The van der Waals surface area contributed by atoms with Crippen molar-refractivity contribution in [2.45, 2.75) is 39.4 Å². The molecule has 0 aromatic heterocycles. The lowest BCUT2D eigenvalue weighted by Crippen LogP contribution is -2.26. The second-order valence-electron chi connectivity index (χ2n) is 4.00. The molecule has 0 radical (unpaired) electrons. The summed E-state index contributed by atoms with van der Waals surface area (Å²) in [5.74, 6) is -0.360. The van der Waals surface area contributed by atoms with Crippen molar-refractivity contribution in [2.24, 2.45) is 0 Å². The van der Waals surface area contributed by atoms with Crippen LogP contribution in [-0.4, -0.2) is 38.0 Å². The molecule has 14 heavy (non-hydrogen) atoms. The molecule has 0 heterocycles. The Hall–Kier alpha value is -0.610. The van der Waals surface area contributed by atoms with Gasteiger partial charge < -0.3 is 14.2 Å². The van der Waals surface area contributed by atoms with E-state index in [1.807, 2.05) is 20.8 Å². The van der Waals surface area contributed by atoms with Gasteiger partial charge in [0.05, 0.1) is 25.9 Å². The normalized spacial score (nSPS) is 13.8. The molecular weight excluding hydrogens is 184 g/mol. The summed E-state index contributed by atoms with van der Waals surface area (Å²) in [5.41, 5.74) is -0.169. The Bertz CT molecular complexity index is 171. The zero-order chi connectivity index (χ0) is 11.2. The van der Waals surface area contributed by atoms with Crippen LogP contribution in [0.5, 0.6) is 0 Å². The second-order valence-corrected chi connectivity index (χ2v) is 4.00. The van der Waals surface area contributed by atoms with Crippen molar-refractivity contribution < 1.29 is 19.0 Å². The first kappa shape index (κ1) is 13.4. The van der Waals surface area contributed by atoms with Crippen molar-refractivity contribution in [1.82, 2.24) is 0 Å². The van der Waals surface area contributed by atoms with Crippen LogP contribution in [0.3, 0.4) is 0 Å². The Morgan fingerprint density at radius 3 is 2.29 bits per heavy atom.